The van der Waals surface area contributed by atoms with Crippen molar-refractivity contribution in [2.24, 2.45) is 5.92 Å². The SMILES string of the molecule is CCCNc1nc(C)nc(NCC(CC)CC)c1C. The van der Waals surface area contributed by atoms with E-state index in [4.69, 9.17) is 0 Å². The van der Waals surface area contributed by atoms with Gasteiger partial charge in [0.15, 0.2) is 0 Å². The molecule has 0 bridgehead atoms. The highest BCUT2D eigenvalue weighted by molar-refractivity contribution is 5.57. The highest BCUT2D eigenvalue weighted by atomic mass is 15.1. The number of anilines is 2. The van der Waals surface area contributed by atoms with Gasteiger partial charge >= 0.3 is 0 Å². The van der Waals surface area contributed by atoms with Crippen LogP contribution in [-0.2, 0) is 0 Å². The van der Waals surface area contributed by atoms with Crippen LogP contribution >= 0.6 is 0 Å². The van der Waals surface area contributed by atoms with Crippen LogP contribution in [0.4, 0.5) is 11.6 Å². The maximum atomic E-state index is 4.52. The average Bonchev–Trinajstić information content (AvgIpc) is 2.41. The minimum atomic E-state index is 0.710. The Morgan fingerprint density at radius 1 is 0.947 bits per heavy atom. The normalized spacial score (nSPS) is 10.8. The summed E-state index contributed by atoms with van der Waals surface area (Å²) < 4.78 is 0. The molecule has 108 valence electrons. The van der Waals surface area contributed by atoms with Crippen LogP contribution in [-0.4, -0.2) is 23.1 Å². The summed E-state index contributed by atoms with van der Waals surface area (Å²) in [5, 5.41) is 6.85. The summed E-state index contributed by atoms with van der Waals surface area (Å²) in [5.41, 5.74) is 1.12. The van der Waals surface area contributed by atoms with Crippen LogP contribution in [0.5, 0.6) is 0 Å². The van der Waals surface area contributed by atoms with Gasteiger partial charge in [-0.15, -0.1) is 0 Å². The molecule has 1 rings (SSSR count). The second-order valence-corrected chi connectivity index (χ2v) is 5.08. The lowest BCUT2D eigenvalue weighted by molar-refractivity contribution is 0.518. The van der Waals surface area contributed by atoms with Gasteiger partial charge in [-0.3, -0.25) is 0 Å². The maximum Gasteiger partial charge on any atom is 0.134 e. The van der Waals surface area contributed by atoms with Crippen LogP contribution in [0.15, 0.2) is 0 Å². The van der Waals surface area contributed by atoms with Crippen molar-refractivity contribution < 1.29 is 0 Å². The monoisotopic (exact) mass is 264 g/mol. The first kappa shape index (κ1) is 15.7. The van der Waals surface area contributed by atoms with E-state index in [0.717, 1.165) is 42.5 Å². The van der Waals surface area contributed by atoms with Gasteiger partial charge in [0.25, 0.3) is 0 Å². The topological polar surface area (TPSA) is 49.8 Å². The van der Waals surface area contributed by atoms with Crippen LogP contribution < -0.4 is 10.6 Å². The van der Waals surface area contributed by atoms with Crippen molar-refractivity contribution in [3.8, 4) is 0 Å². The number of aryl methyl sites for hydroxylation is 1. The first-order valence-corrected chi connectivity index (χ1v) is 7.45. The van der Waals surface area contributed by atoms with Gasteiger partial charge in [-0.2, -0.15) is 0 Å². The van der Waals surface area contributed by atoms with Crippen LogP contribution in [0.3, 0.4) is 0 Å². The molecule has 1 aromatic rings. The van der Waals surface area contributed by atoms with Crippen molar-refractivity contribution in [3.05, 3.63) is 11.4 Å². The first-order valence-electron chi connectivity index (χ1n) is 7.45. The smallest absolute Gasteiger partial charge is 0.134 e. The van der Waals surface area contributed by atoms with E-state index in [2.05, 4.69) is 48.3 Å². The van der Waals surface area contributed by atoms with E-state index >= 15 is 0 Å². The van der Waals surface area contributed by atoms with Crippen molar-refractivity contribution in [1.82, 2.24) is 9.97 Å². The van der Waals surface area contributed by atoms with Gasteiger partial charge in [0.05, 0.1) is 0 Å². The molecule has 0 atom stereocenters. The van der Waals surface area contributed by atoms with Gasteiger partial charge in [-0.1, -0.05) is 33.6 Å². The molecular formula is C15H28N4. The molecule has 0 aliphatic carbocycles. The fourth-order valence-electron chi connectivity index (χ4n) is 2.03. The third kappa shape index (κ3) is 4.69. The molecule has 0 fully saturated rings. The van der Waals surface area contributed by atoms with E-state index < -0.39 is 0 Å². The van der Waals surface area contributed by atoms with Crippen LogP contribution in [0.25, 0.3) is 0 Å². The van der Waals surface area contributed by atoms with Gasteiger partial charge in [0, 0.05) is 18.7 Å². The molecule has 0 radical (unpaired) electrons. The van der Waals surface area contributed by atoms with Crippen molar-refractivity contribution >= 4 is 11.6 Å². The predicted molar refractivity (Wildman–Crippen MR) is 82.8 cm³/mol. The van der Waals surface area contributed by atoms with Gasteiger partial charge in [-0.05, 0) is 26.2 Å². The Morgan fingerprint density at radius 2 is 1.53 bits per heavy atom. The highest BCUT2D eigenvalue weighted by Crippen LogP contribution is 2.20. The third-order valence-electron chi connectivity index (χ3n) is 3.51. The van der Waals surface area contributed by atoms with E-state index in [9.17, 15) is 0 Å². The zero-order valence-corrected chi connectivity index (χ0v) is 13.0. The van der Waals surface area contributed by atoms with Crippen molar-refractivity contribution in [2.45, 2.75) is 53.9 Å². The number of rotatable bonds is 8. The first-order chi connectivity index (χ1) is 9.12. The predicted octanol–water partition coefficient (Wildman–Crippen LogP) is 3.76. The molecule has 0 unspecified atom stereocenters. The summed E-state index contributed by atoms with van der Waals surface area (Å²) in [6.45, 7) is 12.6. The summed E-state index contributed by atoms with van der Waals surface area (Å²) >= 11 is 0. The van der Waals surface area contributed by atoms with Crippen LogP contribution in [0.2, 0.25) is 0 Å². The van der Waals surface area contributed by atoms with Crippen LogP contribution in [0.1, 0.15) is 51.4 Å². The standard InChI is InChI=1S/C15H28N4/c1-6-9-16-14-11(4)15(19-12(5)18-14)17-10-13(7-2)8-3/h13H,6-10H2,1-5H3,(H2,16,17,18,19). The molecule has 0 aliphatic heterocycles. The minimum absolute atomic E-state index is 0.710. The molecule has 0 saturated heterocycles. The largest absolute Gasteiger partial charge is 0.370 e. The summed E-state index contributed by atoms with van der Waals surface area (Å²) in [6.07, 6.45) is 3.50. The second-order valence-electron chi connectivity index (χ2n) is 5.08. The number of nitrogens with zero attached hydrogens (tertiary/aromatic N) is 2. The third-order valence-corrected chi connectivity index (χ3v) is 3.51. The highest BCUT2D eigenvalue weighted by Gasteiger charge is 2.10. The zero-order valence-electron chi connectivity index (χ0n) is 13.0. The van der Waals surface area contributed by atoms with Gasteiger partial charge in [0.2, 0.25) is 0 Å². The Balaban J connectivity index is 2.79. The molecule has 0 amide bonds. The van der Waals surface area contributed by atoms with E-state index in [0.29, 0.717) is 5.92 Å². The number of nitrogens with one attached hydrogen (secondary N) is 2. The minimum Gasteiger partial charge on any atom is -0.370 e. The van der Waals surface area contributed by atoms with E-state index in [1.54, 1.807) is 0 Å². The molecule has 0 saturated carbocycles. The Morgan fingerprint density at radius 3 is 2.05 bits per heavy atom. The van der Waals surface area contributed by atoms with E-state index in [-0.39, 0.29) is 0 Å². The maximum absolute atomic E-state index is 4.52. The molecule has 4 nitrogen and oxygen atoms in total. The van der Waals surface area contributed by atoms with Gasteiger partial charge in [0.1, 0.15) is 17.5 Å². The lowest BCUT2D eigenvalue weighted by atomic mass is 10.0. The molecule has 1 aromatic heterocycles. The van der Waals surface area contributed by atoms with Gasteiger partial charge < -0.3 is 10.6 Å². The molecular weight excluding hydrogens is 236 g/mol. The molecule has 0 aromatic carbocycles. The quantitative estimate of drug-likeness (QED) is 0.750. The summed E-state index contributed by atoms with van der Waals surface area (Å²) in [4.78, 5) is 9.00. The van der Waals surface area contributed by atoms with E-state index in [1.807, 2.05) is 6.92 Å². The Labute approximate surface area is 117 Å². The Kier molecular flexibility index (Phi) is 6.60. The number of hydrogen-bond acceptors (Lipinski definition) is 4. The fourth-order valence-corrected chi connectivity index (χ4v) is 2.03. The lowest BCUT2D eigenvalue weighted by Crippen LogP contribution is -2.16. The molecule has 4 heteroatoms. The molecule has 0 spiro atoms. The second kappa shape index (κ2) is 7.97. The summed E-state index contributed by atoms with van der Waals surface area (Å²) in [6, 6.07) is 0. The van der Waals surface area contributed by atoms with Crippen molar-refractivity contribution in [3.63, 3.8) is 0 Å². The zero-order chi connectivity index (χ0) is 14.3. The summed E-state index contributed by atoms with van der Waals surface area (Å²) in [5.74, 6) is 3.46. The molecule has 0 aliphatic rings. The van der Waals surface area contributed by atoms with E-state index in [1.165, 1.54) is 12.8 Å². The number of hydrogen-bond donors (Lipinski definition) is 2. The summed E-state index contributed by atoms with van der Waals surface area (Å²) in [7, 11) is 0. The van der Waals surface area contributed by atoms with Gasteiger partial charge in [-0.25, -0.2) is 9.97 Å². The fraction of sp³-hybridized carbons (Fsp3) is 0.733. The van der Waals surface area contributed by atoms with Crippen molar-refractivity contribution in [1.29, 1.82) is 0 Å². The Hall–Kier alpha value is -1.32. The number of aromatic nitrogens is 2. The molecule has 1 heterocycles. The van der Waals surface area contributed by atoms with Crippen LogP contribution in [0, 0.1) is 19.8 Å². The lowest BCUT2D eigenvalue weighted by Gasteiger charge is -2.17. The van der Waals surface area contributed by atoms with Crippen molar-refractivity contribution in [2.75, 3.05) is 23.7 Å². The average molecular weight is 264 g/mol. The molecule has 19 heavy (non-hydrogen) atoms. The Bertz CT molecular complexity index is 386. The molecule has 2 N–H and O–H groups in total.